The Bertz CT molecular complexity index is 973. The van der Waals surface area contributed by atoms with Gasteiger partial charge in [-0.1, -0.05) is 54.6 Å². The topological polar surface area (TPSA) is 55.4 Å². The van der Waals surface area contributed by atoms with E-state index in [9.17, 15) is 0 Å². The van der Waals surface area contributed by atoms with Gasteiger partial charge < -0.3 is 28.4 Å². The van der Waals surface area contributed by atoms with Crippen LogP contribution in [0.25, 0.3) is 0 Å². The molecule has 3 heterocycles. The van der Waals surface area contributed by atoms with E-state index >= 15 is 0 Å². The quantitative estimate of drug-likeness (QED) is 0.430. The van der Waals surface area contributed by atoms with Gasteiger partial charge in [-0.3, -0.25) is 0 Å². The van der Waals surface area contributed by atoms with E-state index in [0.717, 1.165) is 37.7 Å². The molecule has 3 aliphatic heterocycles. The molecule has 36 heavy (non-hydrogen) atoms. The summed E-state index contributed by atoms with van der Waals surface area (Å²) >= 11 is 0. The Hall–Kier alpha value is -1.80. The molecule has 3 aliphatic rings. The second kappa shape index (κ2) is 10.9. The highest BCUT2D eigenvalue weighted by Crippen LogP contribution is 2.40. The third-order valence-electron chi connectivity index (χ3n) is 7.17. The second-order valence-electron chi connectivity index (χ2n) is 11.1. The van der Waals surface area contributed by atoms with E-state index in [0.29, 0.717) is 13.2 Å². The van der Waals surface area contributed by atoms with Crippen molar-refractivity contribution in [2.45, 2.75) is 109 Å². The highest BCUT2D eigenvalue weighted by molar-refractivity contribution is 5.23. The van der Waals surface area contributed by atoms with Gasteiger partial charge in [0.15, 0.2) is 17.9 Å². The lowest BCUT2D eigenvalue weighted by molar-refractivity contribution is -0.219. The smallest absolute Gasteiger partial charge is 0.190 e. The van der Waals surface area contributed by atoms with Gasteiger partial charge in [-0.25, -0.2) is 0 Å². The summed E-state index contributed by atoms with van der Waals surface area (Å²) in [5, 5.41) is 0. The predicted octanol–water partition coefficient (Wildman–Crippen LogP) is 5.56. The maximum atomic E-state index is 6.36. The molecule has 0 aliphatic carbocycles. The Morgan fingerprint density at radius 3 is 2.19 bits per heavy atom. The number of hydrogen-bond donors (Lipinski definition) is 0. The van der Waals surface area contributed by atoms with Crippen molar-refractivity contribution in [3.8, 4) is 0 Å². The van der Waals surface area contributed by atoms with E-state index < -0.39 is 11.6 Å². The maximum absolute atomic E-state index is 6.36. The summed E-state index contributed by atoms with van der Waals surface area (Å²) in [4.78, 5) is 0. The third kappa shape index (κ3) is 6.55. The highest BCUT2D eigenvalue weighted by atomic mass is 16.8. The van der Waals surface area contributed by atoms with E-state index in [2.05, 4.69) is 36.4 Å². The molecule has 0 bridgehead atoms. The van der Waals surface area contributed by atoms with E-state index in [-0.39, 0.29) is 30.7 Å². The molecule has 0 amide bonds. The fourth-order valence-electron chi connectivity index (χ4n) is 5.36. The first-order valence-electron chi connectivity index (χ1n) is 13.3. The van der Waals surface area contributed by atoms with Crippen LogP contribution in [-0.4, -0.2) is 48.9 Å². The number of aryl methyl sites for hydroxylation is 2. The number of ether oxygens (including phenoxy) is 6. The van der Waals surface area contributed by atoms with Crippen molar-refractivity contribution in [1.29, 1.82) is 0 Å². The molecule has 6 nitrogen and oxygen atoms in total. The molecule has 0 aromatic heterocycles. The summed E-state index contributed by atoms with van der Waals surface area (Å²) in [5.74, 6) is -1.10. The fraction of sp³-hybridized carbons (Fsp3) is 0.600. The molecule has 2 aromatic rings. The molecule has 6 heteroatoms. The van der Waals surface area contributed by atoms with E-state index in [1.54, 1.807) is 0 Å². The number of rotatable bonds is 10. The number of benzene rings is 2. The fourth-order valence-corrected chi connectivity index (χ4v) is 5.36. The Morgan fingerprint density at radius 1 is 0.778 bits per heavy atom. The summed E-state index contributed by atoms with van der Waals surface area (Å²) in [6.45, 7) is 9.02. The summed E-state index contributed by atoms with van der Waals surface area (Å²) in [6, 6.07) is 19.2. The molecule has 0 unspecified atom stereocenters. The van der Waals surface area contributed by atoms with Crippen LogP contribution in [-0.2, 0) is 47.9 Å². The molecular weight excluding hydrogens is 456 g/mol. The first-order valence-corrected chi connectivity index (χ1v) is 13.3. The van der Waals surface area contributed by atoms with Crippen LogP contribution in [0.15, 0.2) is 54.6 Å². The van der Waals surface area contributed by atoms with Crippen molar-refractivity contribution in [3.63, 3.8) is 0 Å². The first kappa shape index (κ1) is 25.8. The molecule has 0 saturated carbocycles. The Morgan fingerprint density at radius 2 is 1.50 bits per heavy atom. The van der Waals surface area contributed by atoms with Crippen LogP contribution in [0.1, 0.15) is 63.6 Å². The third-order valence-corrected chi connectivity index (χ3v) is 7.17. The van der Waals surface area contributed by atoms with Gasteiger partial charge >= 0.3 is 0 Å². The molecule has 5 atom stereocenters. The van der Waals surface area contributed by atoms with Crippen molar-refractivity contribution in [2.24, 2.45) is 0 Å². The van der Waals surface area contributed by atoms with E-state index in [1.165, 1.54) is 11.1 Å². The van der Waals surface area contributed by atoms with Gasteiger partial charge in [-0.15, -0.1) is 0 Å². The minimum atomic E-state index is -0.649. The number of hydrogen-bond acceptors (Lipinski definition) is 6. The summed E-state index contributed by atoms with van der Waals surface area (Å²) in [5.41, 5.74) is 3.83. The molecule has 5 rings (SSSR count). The molecule has 196 valence electrons. The second-order valence-corrected chi connectivity index (χ2v) is 11.1. The van der Waals surface area contributed by atoms with Crippen molar-refractivity contribution in [2.75, 3.05) is 6.61 Å². The zero-order chi connectivity index (χ0) is 25.2. The summed E-state index contributed by atoms with van der Waals surface area (Å²) < 4.78 is 36.4. The van der Waals surface area contributed by atoms with Gasteiger partial charge in [-0.2, -0.15) is 0 Å². The van der Waals surface area contributed by atoms with E-state index in [4.69, 9.17) is 28.4 Å². The zero-order valence-corrected chi connectivity index (χ0v) is 22.0. The van der Waals surface area contributed by atoms with Gasteiger partial charge in [0.05, 0.1) is 25.4 Å². The first-order chi connectivity index (χ1) is 17.3. The van der Waals surface area contributed by atoms with Crippen LogP contribution in [0.5, 0.6) is 0 Å². The van der Waals surface area contributed by atoms with Crippen molar-refractivity contribution in [1.82, 2.24) is 0 Å². The van der Waals surface area contributed by atoms with Crippen molar-refractivity contribution in [3.05, 3.63) is 71.3 Å². The zero-order valence-electron chi connectivity index (χ0n) is 22.0. The normalized spacial score (nSPS) is 30.5. The van der Waals surface area contributed by atoms with Crippen molar-refractivity contribution < 1.29 is 28.4 Å². The molecule has 3 fully saturated rings. The Kier molecular flexibility index (Phi) is 7.82. The predicted molar refractivity (Wildman–Crippen MR) is 136 cm³/mol. The van der Waals surface area contributed by atoms with Gasteiger partial charge in [0.2, 0.25) is 0 Å². The lowest BCUT2D eigenvalue weighted by Crippen LogP contribution is -2.36. The van der Waals surface area contributed by atoms with Gasteiger partial charge in [0, 0.05) is 0 Å². The van der Waals surface area contributed by atoms with Crippen LogP contribution in [0.4, 0.5) is 0 Å². The molecule has 0 spiro atoms. The SMILES string of the molecule is CC1(C)OC[C@H](CCc2ccc(CCC[C@H]3O[C@@H]4OC(C)(C)O[C@@H]4[C@H]3OCc3ccccc3)cc2)O1. The Labute approximate surface area is 215 Å². The lowest BCUT2D eigenvalue weighted by atomic mass is 10.00. The van der Waals surface area contributed by atoms with Crippen LogP contribution in [0.2, 0.25) is 0 Å². The average Bonchev–Trinajstić information content (AvgIpc) is 3.46. The number of fused-ring (bicyclic) bond motifs is 1. The van der Waals surface area contributed by atoms with Crippen LogP contribution in [0.3, 0.4) is 0 Å². The standard InChI is InChI=1S/C30H40O6/c1-29(2)32-20-24(34-29)18-17-22-15-13-21(14-16-22)11-8-12-25-26(31-19-23-9-6-5-7-10-23)27-28(33-25)36-30(3,4)35-27/h5-7,9-10,13-16,24-28H,8,11-12,17-20H2,1-4H3/t24-,25+,26-,27+,28+/m0/s1. The molecule has 0 radical (unpaired) electrons. The highest BCUT2D eigenvalue weighted by Gasteiger charge is 2.55. The monoisotopic (exact) mass is 496 g/mol. The molecule has 2 aromatic carbocycles. The van der Waals surface area contributed by atoms with Gasteiger partial charge in [0.25, 0.3) is 0 Å². The van der Waals surface area contributed by atoms with Crippen LogP contribution >= 0.6 is 0 Å². The molecular formula is C30H40O6. The largest absolute Gasteiger partial charge is 0.368 e. The average molecular weight is 497 g/mol. The minimum absolute atomic E-state index is 0.0445. The van der Waals surface area contributed by atoms with Gasteiger partial charge in [-0.05, 0) is 76.5 Å². The maximum Gasteiger partial charge on any atom is 0.190 e. The summed E-state index contributed by atoms with van der Waals surface area (Å²) in [6.07, 6.45) is 4.32. The summed E-state index contributed by atoms with van der Waals surface area (Å²) in [7, 11) is 0. The molecule has 0 N–H and O–H groups in total. The minimum Gasteiger partial charge on any atom is -0.368 e. The Balaban J connectivity index is 1.10. The lowest BCUT2D eigenvalue weighted by Gasteiger charge is -2.26. The van der Waals surface area contributed by atoms with Crippen LogP contribution < -0.4 is 0 Å². The van der Waals surface area contributed by atoms with E-state index in [1.807, 2.05) is 45.9 Å². The van der Waals surface area contributed by atoms with Crippen molar-refractivity contribution >= 4 is 0 Å². The van der Waals surface area contributed by atoms with Gasteiger partial charge in [0.1, 0.15) is 12.2 Å². The molecule has 3 saturated heterocycles. The van der Waals surface area contributed by atoms with Crippen LogP contribution in [0, 0.1) is 0 Å².